The molecule has 0 unspecified atom stereocenters. The maximum atomic E-state index is 13.1. The van der Waals surface area contributed by atoms with Crippen LogP contribution in [-0.2, 0) is 0 Å². The van der Waals surface area contributed by atoms with Crippen molar-refractivity contribution >= 4 is 6.03 Å². The van der Waals surface area contributed by atoms with Crippen molar-refractivity contribution in [2.75, 3.05) is 45.8 Å². The second-order valence-electron chi connectivity index (χ2n) is 9.55. The average Bonchev–Trinajstić information content (AvgIpc) is 2.80. The summed E-state index contributed by atoms with van der Waals surface area (Å²) in [6.07, 6.45) is 7.04. The van der Waals surface area contributed by atoms with Gasteiger partial charge in [-0.05, 0) is 50.6 Å². The molecule has 1 aromatic rings. The van der Waals surface area contributed by atoms with E-state index < -0.39 is 0 Å². The van der Waals surface area contributed by atoms with Crippen molar-refractivity contribution in [2.45, 2.75) is 70.4 Å². The minimum Gasteiger partial charge on any atom is -0.334 e. The van der Waals surface area contributed by atoms with Crippen LogP contribution in [0.4, 0.5) is 4.79 Å². The average molecular weight is 413 g/mol. The predicted octanol–water partition coefficient (Wildman–Crippen LogP) is 3.83. The van der Waals surface area contributed by atoms with Crippen molar-refractivity contribution in [3.05, 3.63) is 35.4 Å². The first-order valence-electron chi connectivity index (χ1n) is 12.2. The first-order chi connectivity index (χ1) is 14.6. The molecule has 1 aliphatic carbocycles. The van der Waals surface area contributed by atoms with Crippen molar-refractivity contribution in [1.82, 2.24) is 20.0 Å². The molecule has 2 saturated heterocycles. The summed E-state index contributed by atoms with van der Waals surface area (Å²) in [5.41, 5.74) is 2.74. The molecule has 5 nitrogen and oxygen atoms in total. The molecule has 4 rings (SSSR count). The van der Waals surface area contributed by atoms with Gasteiger partial charge in [0.1, 0.15) is 0 Å². The molecule has 0 bridgehead atoms. The smallest absolute Gasteiger partial charge is 0.317 e. The molecule has 5 heteroatoms. The van der Waals surface area contributed by atoms with Gasteiger partial charge in [-0.15, -0.1) is 0 Å². The molecule has 1 aromatic carbocycles. The number of amides is 2. The van der Waals surface area contributed by atoms with Crippen LogP contribution in [0.25, 0.3) is 0 Å². The molecule has 0 aromatic heterocycles. The van der Waals surface area contributed by atoms with Crippen LogP contribution < -0.4 is 5.32 Å². The van der Waals surface area contributed by atoms with Crippen LogP contribution in [0.1, 0.15) is 62.5 Å². The van der Waals surface area contributed by atoms with Crippen molar-refractivity contribution in [1.29, 1.82) is 0 Å². The van der Waals surface area contributed by atoms with E-state index in [1.54, 1.807) is 0 Å². The molecule has 30 heavy (non-hydrogen) atoms. The highest BCUT2D eigenvalue weighted by molar-refractivity contribution is 5.74. The van der Waals surface area contributed by atoms with E-state index in [0.717, 1.165) is 52.0 Å². The van der Waals surface area contributed by atoms with Gasteiger partial charge in [0.2, 0.25) is 0 Å². The minimum absolute atomic E-state index is 0.168. The van der Waals surface area contributed by atoms with Crippen molar-refractivity contribution in [3.63, 3.8) is 0 Å². The third kappa shape index (κ3) is 5.17. The quantitative estimate of drug-likeness (QED) is 0.817. The van der Waals surface area contributed by atoms with Crippen LogP contribution in [0.5, 0.6) is 0 Å². The molecule has 3 fully saturated rings. The fourth-order valence-corrected chi connectivity index (χ4v) is 5.63. The number of nitrogens with one attached hydrogen (secondary N) is 1. The van der Waals surface area contributed by atoms with Gasteiger partial charge >= 0.3 is 6.03 Å². The van der Waals surface area contributed by atoms with Crippen molar-refractivity contribution in [3.8, 4) is 0 Å². The second kappa shape index (κ2) is 10.1. The SMILES string of the molecule is CCN1CCN([C@H]2CCCC[C@H]2NC(=O)N2CCC(c3ccc(C)cc3)CC2)CC1. The van der Waals surface area contributed by atoms with Crippen LogP contribution in [0.3, 0.4) is 0 Å². The van der Waals surface area contributed by atoms with E-state index in [2.05, 4.69) is 58.1 Å². The van der Waals surface area contributed by atoms with Gasteiger partial charge in [0, 0.05) is 51.4 Å². The lowest BCUT2D eigenvalue weighted by atomic mass is 9.88. The summed E-state index contributed by atoms with van der Waals surface area (Å²) in [5.74, 6) is 0.590. The standard InChI is InChI=1S/C25H40N4O/c1-3-27-16-18-28(19-17-27)24-7-5-4-6-23(24)26-25(30)29-14-12-22(13-15-29)21-10-8-20(2)9-11-21/h8-11,22-24H,3-7,12-19H2,1-2H3,(H,26,30)/t23-,24+/m1/s1. The molecule has 166 valence electrons. The Morgan fingerprint density at radius 1 is 0.933 bits per heavy atom. The van der Waals surface area contributed by atoms with Crippen LogP contribution in [-0.4, -0.2) is 78.6 Å². The Kier molecular flexibility index (Phi) is 7.32. The highest BCUT2D eigenvalue weighted by atomic mass is 16.2. The fraction of sp³-hybridized carbons (Fsp3) is 0.720. The number of aryl methyl sites for hydroxylation is 1. The number of likely N-dealkylation sites (N-methyl/N-ethyl adjacent to an activating group) is 1. The number of carbonyl (C=O) groups excluding carboxylic acids is 1. The lowest BCUT2D eigenvalue weighted by Crippen LogP contribution is -2.59. The molecule has 0 radical (unpaired) electrons. The first kappa shape index (κ1) is 21.6. The number of piperazine rings is 1. The molecular formula is C25H40N4O. The lowest BCUT2D eigenvalue weighted by molar-refractivity contribution is 0.0634. The monoisotopic (exact) mass is 412 g/mol. The van der Waals surface area contributed by atoms with Crippen LogP contribution in [0.15, 0.2) is 24.3 Å². The number of benzene rings is 1. The topological polar surface area (TPSA) is 38.8 Å². The summed E-state index contributed by atoms with van der Waals surface area (Å²) in [4.78, 5) is 20.3. The highest BCUT2D eigenvalue weighted by Crippen LogP contribution is 2.29. The Morgan fingerprint density at radius 3 is 2.27 bits per heavy atom. The van der Waals surface area contributed by atoms with Crippen molar-refractivity contribution < 1.29 is 4.79 Å². The zero-order valence-electron chi connectivity index (χ0n) is 19.0. The van der Waals surface area contributed by atoms with E-state index in [-0.39, 0.29) is 6.03 Å². The summed E-state index contributed by atoms with van der Waals surface area (Å²) in [7, 11) is 0. The van der Waals surface area contributed by atoms with Gasteiger partial charge in [-0.25, -0.2) is 4.79 Å². The van der Waals surface area contributed by atoms with E-state index >= 15 is 0 Å². The fourth-order valence-electron chi connectivity index (χ4n) is 5.63. The van der Waals surface area contributed by atoms with Crippen LogP contribution >= 0.6 is 0 Å². The summed E-state index contributed by atoms with van der Waals surface area (Å²) in [6, 6.07) is 9.94. The second-order valence-corrected chi connectivity index (χ2v) is 9.55. The molecular weight excluding hydrogens is 372 g/mol. The molecule has 1 N–H and O–H groups in total. The number of hydrogen-bond donors (Lipinski definition) is 1. The Morgan fingerprint density at radius 2 is 1.60 bits per heavy atom. The van der Waals surface area contributed by atoms with E-state index in [1.165, 1.54) is 43.5 Å². The number of nitrogens with zero attached hydrogens (tertiary/aromatic N) is 3. The van der Waals surface area contributed by atoms with E-state index in [1.807, 2.05) is 0 Å². The molecule has 2 heterocycles. The van der Waals surface area contributed by atoms with Gasteiger partial charge in [-0.1, -0.05) is 49.6 Å². The van der Waals surface area contributed by atoms with Gasteiger partial charge < -0.3 is 15.1 Å². The van der Waals surface area contributed by atoms with E-state index in [0.29, 0.717) is 18.0 Å². The number of urea groups is 1. The number of rotatable bonds is 4. The number of hydrogen-bond acceptors (Lipinski definition) is 3. The highest BCUT2D eigenvalue weighted by Gasteiger charge is 2.34. The molecule has 3 aliphatic rings. The Balaban J connectivity index is 1.29. The predicted molar refractivity (Wildman–Crippen MR) is 123 cm³/mol. The van der Waals surface area contributed by atoms with Gasteiger partial charge in [0.15, 0.2) is 0 Å². The van der Waals surface area contributed by atoms with Gasteiger partial charge in [-0.3, -0.25) is 4.90 Å². The zero-order chi connectivity index (χ0) is 20.9. The third-order valence-corrected chi connectivity index (χ3v) is 7.69. The Bertz CT molecular complexity index is 675. The van der Waals surface area contributed by atoms with Crippen molar-refractivity contribution in [2.24, 2.45) is 0 Å². The zero-order valence-corrected chi connectivity index (χ0v) is 19.0. The number of likely N-dealkylation sites (tertiary alicyclic amines) is 1. The third-order valence-electron chi connectivity index (χ3n) is 7.69. The maximum absolute atomic E-state index is 13.1. The molecule has 2 atom stereocenters. The molecule has 2 amide bonds. The summed E-state index contributed by atoms with van der Waals surface area (Å²) >= 11 is 0. The lowest BCUT2D eigenvalue weighted by Gasteiger charge is -2.44. The summed E-state index contributed by atoms with van der Waals surface area (Å²) in [6.45, 7) is 11.9. The summed E-state index contributed by atoms with van der Waals surface area (Å²) in [5, 5.41) is 3.45. The molecule has 2 aliphatic heterocycles. The summed E-state index contributed by atoms with van der Waals surface area (Å²) < 4.78 is 0. The number of piperidine rings is 1. The number of carbonyl (C=O) groups is 1. The maximum Gasteiger partial charge on any atom is 0.317 e. The normalized spacial score (nSPS) is 27.2. The van der Waals surface area contributed by atoms with Gasteiger partial charge in [0.05, 0.1) is 0 Å². The first-order valence-corrected chi connectivity index (χ1v) is 12.2. The minimum atomic E-state index is 0.168. The molecule has 0 spiro atoms. The largest absolute Gasteiger partial charge is 0.334 e. The van der Waals surface area contributed by atoms with E-state index in [4.69, 9.17) is 0 Å². The van der Waals surface area contributed by atoms with Gasteiger partial charge in [-0.2, -0.15) is 0 Å². The van der Waals surface area contributed by atoms with Gasteiger partial charge in [0.25, 0.3) is 0 Å². The Hall–Kier alpha value is -1.59. The van der Waals surface area contributed by atoms with Crippen LogP contribution in [0, 0.1) is 6.92 Å². The van der Waals surface area contributed by atoms with E-state index in [9.17, 15) is 4.79 Å². The molecule has 1 saturated carbocycles. The Labute approximate surface area is 182 Å². The van der Waals surface area contributed by atoms with Crippen LogP contribution in [0.2, 0.25) is 0 Å².